The van der Waals surface area contributed by atoms with Crippen molar-refractivity contribution in [3.8, 4) is 0 Å². The maximum Gasteiger partial charge on any atom is 0.120 e. The topological polar surface area (TPSA) is 21.3 Å². The predicted molar refractivity (Wildman–Crippen MR) is 110 cm³/mol. The number of hydrogen-bond donors (Lipinski definition) is 1. The number of rotatable bonds is 8. The fraction of sp³-hybridized carbons (Fsp3) is 0.750. The summed E-state index contributed by atoms with van der Waals surface area (Å²) in [5.74, 6) is 1.52. The summed E-state index contributed by atoms with van der Waals surface area (Å²) in [7, 11) is 0. The molecular weight excluding hydrogens is 318 g/mol. The highest BCUT2D eigenvalue weighted by Crippen LogP contribution is 2.43. The molecule has 0 aromatic heterocycles. The van der Waals surface area contributed by atoms with Gasteiger partial charge in [-0.15, -0.1) is 0 Å². The van der Waals surface area contributed by atoms with E-state index in [9.17, 15) is 0 Å². The molecule has 3 rings (SSSR count). The second kappa shape index (κ2) is 8.89. The maximum absolute atomic E-state index is 6.57. The predicted octanol–water partition coefficient (Wildman–Crippen LogP) is 6.10. The van der Waals surface area contributed by atoms with E-state index < -0.39 is 0 Å². The van der Waals surface area contributed by atoms with Gasteiger partial charge in [0, 0.05) is 5.54 Å². The van der Waals surface area contributed by atoms with Crippen LogP contribution in [0.1, 0.15) is 84.1 Å². The minimum Gasteiger partial charge on any atom is -0.359 e. The van der Waals surface area contributed by atoms with Gasteiger partial charge in [0.05, 0.1) is 6.61 Å². The summed E-state index contributed by atoms with van der Waals surface area (Å²) in [6.07, 6.45) is 12.6. The van der Waals surface area contributed by atoms with Crippen molar-refractivity contribution in [1.82, 2.24) is 5.32 Å². The van der Waals surface area contributed by atoms with Crippen LogP contribution in [0.15, 0.2) is 30.3 Å². The molecule has 1 N–H and O–H groups in total. The molecule has 1 aliphatic heterocycles. The lowest BCUT2D eigenvalue weighted by atomic mass is 9.77. The van der Waals surface area contributed by atoms with E-state index >= 15 is 0 Å². The summed E-state index contributed by atoms with van der Waals surface area (Å²) in [4.78, 5) is 0. The van der Waals surface area contributed by atoms with Crippen LogP contribution in [0.3, 0.4) is 0 Å². The molecule has 4 atom stereocenters. The van der Waals surface area contributed by atoms with Crippen LogP contribution in [0.4, 0.5) is 0 Å². The summed E-state index contributed by atoms with van der Waals surface area (Å²) >= 11 is 0. The van der Waals surface area contributed by atoms with E-state index in [0.717, 1.165) is 24.9 Å². The van der Waals surface area contributed by atoms with E-state index in [0.29, 0.717) is 0 Å². The van der Waals surface area contributed by atoms with Gasteiger partial charge in [-0.25, -0.2) is 0 Å². The average Bonchev–Trinajstić information content (AvgIpc) is 2.95. The van der Waals surface area contributed by atoms with Gasteiger partial charge >= 0.3 is 0 Å². The first-order valence-electron chi connectivity index (χ1n) is 11.0. The SMILES string of the molecule is CCCCCCC1(CCc2ccccc2)COC2(C[C@H](C)C[C@H](C)C2)N1. The van der Waals surface area contributed by atoms with Gasteiger partial charge in [0.1, 0.15) is 5.72 Å². The third kappa shape index (κ3) is 5.10. The summed E-state index contributed by atoms with van der Waals surface area (Å²) in [5, 5.41) is 4.11. The molecule has 1 saturated heterocycles. The number of nitrogens with one attached hydrogen (secondary N) is 1. The van der Waals surface area contributed by atoms with Crippen molar-refractivity contribution in [3.05, 3.63) is 35.9 Å². The smallest absolute Gasteiger partial charge is 0.120 e. The monoisotopic (exact) mass is 357 g/mol. The van der Waals surface area contributed by atoms with E-state index in [1.165, 1.54) is 63.4 Å². The molecule has 2 aliphatic rings. The van der Waals surface area contributed by atoms with Crippen molar-refractivity contribution in [2.24, 2.45) is 11.8 Å². The number of ether oxygens (including phenoxy) is 1. The standard InChI is InChI=1S/C24H39NO/c1-4-5-6-10-14-23(15-13-22-11-8-7-9-12-22)19-26-24(25-23)17-20(2)16-21(3)18-24/h7-9,11-12,20-21,25H,4-6,10,13-19H2,1-3H3/t20-,21+,23?,24?. The third-order valence-electron chi connectivity index (χ3n) is 6.52. The lowest BCUT2D eigenvalue weighted by molar-refractivity contribution is -0.0660. The highest BCUT2D eigenvalue weighted by molar-refractivity contribution is 5.16. The molecule has 1 aromatic carbocycles. The molecule has 1 aliphatic carbocycles. The Bertz CT molecular complexity index is 532. The molecule has 1 saturated carbocycles. The molecule has 2 unspecified atom stereocenters. The lowest BCUT2D eigenvalue weighted by Crippen LogP contribution is -2.54. The van der Waals surface area contributed by atoms with E-state index in [-0.39, 0.29) is 11.3 Å². The van der Waals surface area contributed by atoms with Gasteiger partial charge in [-0.3, -0.25) is 5.32 Å². The molecule has 1 heterocycles. The van der Waals surface area contributed by atoms with Crippen molar-refractivity contribution < 1.29 is 4.74 Å². The average molecular weight is 358 g/mol. The fourth-order valence-electron chi connectivity index (χ4n) is 5.43. The fourth-order valence-corrected chi connectivity index (χ4v) is 5.43. The minimum atomic E-state index is -0.0570. The van der Waals surface area contributed by atoms with Crippen LogP contribution >= 0.6 is 0 Å². The summed E-state index contributed by atoms with van der Waals surface area (Å²) in [6, 6.07) is 11.0. The lowest BCUT2D eigenvalue weighted by Gasteiger charge is -2.41. The zero-order valence-corrected chi connectivity index (χ0v) is 17.2. The van der Waals surface area contributed by atoms with Crippen LogP contribution < -0.4 is 5.32 Å². The third-order valence-corrected chi connectivity index (χ3v) is 6.52. The van der Waals surface area contributed by atoms with Gasteiger partial charge < -0.3 is 4.74 Å². The Labute approximate surface area is 161 Å². The first-order chi connectivity index (χ1) is 12.5. The van der Waals surface area contributed by atoms with Crippen molar-refractivity contribution >= 4 is 0 Å². The van der Waals surface area contributed by atoms with Crippen molar-refractivity contribution in [2.75, 3.05) is 6.61 Å². The normalized spacial score (nSPS) is 34.4. The highest BCUT2D eigenvalue weighted by Gasteiger charge is 2.50. The number of aryl methyl sites for hydroxylation is 1. The van der Waals surface area contributed by atoms with Crippen molar-refractivity contribution in [3.63, 3.8) is 0 Å². The Morgan fingerprint density at radius 3 is 2.42 bits per heavy atom. The largest absolute Gasteiger partial charge is 0.359 e. The van der Waals surface area contributed by atoms with Gasteiger partial charge in [0.15, 0.2) is 0 Å². The second-order valence-corrected chi connectivity index (χ2v) is 9.34. The Morgan fingerprint density at radius 1 is 1.00 bits per heavy atom. The van der Waals surface area contributed by atoms with Crippen molar-refractivity contribution in [1.29, 1.82) is 0 Å². The number of unbranched alkanes of at least 4 members (excludes halogenated alkanes) is 3. The number of benzene rings is 1. The van der Waals surface area contributed by atoms with Crippen molar-refractivity contribution in [2.45, 2.75) is 96.2 Å². The first-order valence-corrected chi connectivity index (χ1v) is 11.0. The maximum atomic E-state index is 6.57. The quantitative estimate of drug-likeness (QED) is 0.568. The molecule has 2 nitrogen and oxygen atoms in total. The Kier molecular flexibility index (Phi) is 6.80. The number of hydrogen-bond acceptors (Lipinski definition) is 2. The molecule has 0 bridgehead atoms. The molecule has 1 aromatic rings. The van der Waals surface area contributed by atoms with Crippen LogP contribution in [-0.2, 0) is 11.2 Å². The van der Waals surface area contributed by atoms with E-state index in [2.05, 4.69) is 56.4 Å². The van der Waals surface area contributed by atoms with Crippen LogP contribution in [-0.4, -0.2) is 17.9 Å². The molecule has 26 heavy (non-hydrogen) atoms. The molecule has 2 heteroatoms. The molecule has 2 fully saturated rings. The Hall–Kier alpha value is -0.860. The highest BCUT2D eigenvalue weighted by atomic mass is 16.5. The zero-order valence-electron chi connectivity index (χ0n) is 17.2. The summed E-state index contributed by atoms with van der Waals surface area (Å²) in [6.45, 7) is 7.98. The second-order valence-electron chi connectivity index (χ2n) is 9.34. The van der Waals surface area contributed by atoms with E-state index in [1.807, 2.05) is 0 Å². The molecule has 146 valence electrons. The zero-order chi connectivity index (χ0) is 18.5. The molecule has 1 spiro atoms. The van der Waals surface area contributed by atoms with Crippen LogP contribution in [0, 0.1) is 11.8 Å². The van der Waals surface area contributed by atoms with Gasteiger partial charge in [-0.1, -0.05) is 76.8 Å². The van der Waals surface area contributed by atoms with Crippen LogP contribution in [0.2, 0.25) is 0 Å². The Morgan fingerprint density at radius 2 is 1.73 bits per heavy atom. The van der Waals surface area contributed by atoms with Gasteiger partial charge in [0.25, 0.3) is 0 Å². The van der Waals surface area contributed by atoms with Gasteiger partial charge in [0.2, 0.25) is 0 Å². The van der Waals surface area contributed by atoms with Crippen LogP contribution in [0.25, 0.3) is 0 Å². The van der Waals surface area contributed by atoms with Crippen LogP contribution in [0.5, 0.6) is 0 Å². The van der Waals surface area contributed by atoms with E-state index in [1.54, 1.807) is 0 Å². The van der Waals surface area contributed by atoms with Gasteiger partial charge in [-0.2, -0.15) is 0 Å². The summed E-state index contributed by atoms with van der Waals surface area (Å²) < 4.78 is 6.57. The summed E-state index contributed by atoms with van der Waals surface area (Å²) in [5.41, 5.74) is 1.56. The minimum absolute atomic E-state index is 0.0570. The molecule has 0 radical (unpaired) electrons. The Balaban J connectivity index is 1.67. The van der Waals surface area contributed by atoms with Gasteiger partial charge in [-0.05, 0) is 55.9 Å². The molecule has 0 amide bonds. The molecular formula is C24H39NO. The first kappa shape index (κ1) is 19.9. The van der Waals surface area contributed by atoms with E-state index in [4.69, 9.17) is 4.74 Å².